The molecule has 1 fully saturated rings. The first kappa shape index (κ1) is 12.0. The number of pyridine rings is 1. The molecule has 0 bridgehead atoms. The second kappa shape index (κ2) is 4.24. The molecule has 1 aliphatic rings. The van der Waals surface area contributed by atoms with Gasteiger partial charge in [-0.25, -0.2) is 0 Å². The maximum absolute atomic E-state index is 12.5. The highest BCUT2D eigenvalue weighted by atomic mass is 16.1. The van der Waals surface area contributed by atoms with Crippen LogP contribution in [0.4, 0.5) is 0 Å². The van der Waals surface area contributed by atoms with E-state index in [2.05, 4.69) is 6.07 Å². The van der Waals surface area contributed by atoms with E-state index in [4.69, 9.17) is 5.26 Å². The lowest BCUT2D eigenvalue weighted by molar-refractivity contribution is 0.425. The van der Waals surface area contributed by atoms with Crippen molar-refractivity contribution in [2.75, 3.05) is 0 Å². The molecule has 1 heterocycles. The Balaban J connectivity index is 2.05. The second-order valence-corrected chi connectivity index (χ2v) is 5.62. The number of hydrogen-bond acceptors (Lipinski definition) is 2. The Kier molecular flexibility index (Phi) is 2.67. The molecule has 0 saturated heterocycles. The molecule has 0 spiro atoms. The number of hydrogen-bond donors (Lipinski definition) is 0. The molecule has 96 valence electrons. The van der Waals surface area contributed by atoms with Gasteiger partial charge in [0.25, 0.3) is 5.56 Å². The van der Waals surface area contributed by atoms with Crippen LogP contribution in [0.2, 0.25) is 0 Å². The van der Waals surface area contributed by atoms with E-state index < -0.39 is 0 Å². The molecule has 0 radical (unpaired) electrons. The van der Waals surface area contributed by atoms with Crippen molar-refractivity contribution in [3.05, 3.63) is 46.4 Å². The molecule has 2 aromatic rings. The quantitative estimate of drug-likeness (QED) is 0.843. The smallest absolute Gasteiger partial charge is 0.258 e. The van der Waals surface area contributed by atoms with Gasteiger partial charge in [0, 0.05) is 30.0 Å². The first-order chi connectivity index (χ1) is 9.15. The molecule has 3 heteroatoms. The minimum atomic E-state index is 0.0517. The highest BCUT2D eigenvalue weighted by molar-refractivity contribution is 5.84. The summed E-state index contributed by atoms with van der Waals surface area (Å²) in [6, 6.07) is 10.1. The Morgan fingerprint density at radius 3 is 2.79 bits per heavy atom. The lowest BCUT2D eigenvalue weighted by Gasteiger charge is -2.14. The molecule has 3 nitrogen and oxygen atoms in total. The summed E-state index contributed by atoms with van der Waals surface area (Å²) in [6.07, 6.45) is 4.53. The lowest BCUT2D eigenvalue weighted by Crippen LogP contribution is -2.24. The number of benzene rings is 1. The van der Waals surface area contributed by atoms with Gasteiger partial charge in [-0.3, -0.25) is 4.79 Å². The van der Waals surface area contributed by atoms with Crippen LogP contribution in [0.15, 0.2) is 35.3 Å². The van der Waals surface area contributed by atoms with Crippen LogP contribution in [-0.2, 0) is 6.54 Å². The molecule has 0 aliphatic heterocycles. The lowest BCUT2D eigenvalue weighted by atomic mass is 10.0. The van der Waals surface area contributed by atoms with E-state index >= 15 is 0 Å². The summed E-state index contributed by atoms with van der Waals surface area (Å²) in [5.41, 5.74) is 1.24. The summed E-state index contributed by atoms with van der Waals surface area (Å²) >= 11 is 0. The monoisotopic (exact) mass is 252 g/mol. The average molecular weight is 252 g/mol. The summed E-state index contributed by atoms with van der Waals surface area (Å²) in [4.78, 5) is 12.5. The molecule has 1 aliphatic carbocycles. The maximum atomic E-state index is 12.5. The van der Waals surface area contributed by atoms with Crippen molar-refractivity contribution >= 4 is 10.8 Å². The first-order valence-corrected chi connectivity index (χ1v) is 6.61. The van der Waals surface area contributed by atoms with Gasteiger partial charge in [-0.2, -0.15) is 5.26 Å². The number of aromatic nitrogens is 1. The highest BCUT2D eigenvalue weighted by Crippen LogP contribution is 2.49. The minimum Gasteiger partial charge on any atom is -0.314 e. The van der Waals surface area contributed by atoms with Gasteiger partial charge in [-0.05, 0) is 42.8 Å². The van der Waals surface area contributed by atoms with Gasteiger partial charge < -0.3 is 4.57 Å². The Labute approximate surface area is 112 Å². The van der Waals surface area contributed by atoms with Crippen LogP contribution in [-0.4, -0.2) is 4.57 Å². The highest BCUT2D eigenvalue weighted by Gasteiger charge is 2.42. The Morgan fingerprint density at radius 1 is 1.32 bits per heavy atom. The number of rotatable bonds is 3. The predicted molar refractivity (Wildman–Crippen MR) is 74.8 cm³/mol. The molecule has 0 amide bonds. The fourth-order valence-corrected chi connectivity index (χ4v) is 2.70. The number of aryl methyl sites for hydroxylation is 1. The van der Waals surface area contributed by atoms with Crippen LogP contribution in [0.5, 0.6) is 0 Å². The van der Waals surface area contributed by atoms with Crippen molar-refractivity contribution in [3.63, 3.8) is 0 Å². The molecular weight excluding hydrogens is 236 g/mol. The molecule has 0 atom stereocenters. The number of fused-ring (bicyclic) bond motifs is 1. The summed E-state index contributed by atoms with van der Waals surface area (Å²) in [5.74, 6) is 0. The third-order valence-electron chi connectivity index (χ3n) is 4.15. The molecule has 1 aromatic carbocycles. The zero-order valence-corrected chi connectivity index (χ0v) is 11.0. The van der Waals surface area contributed by atoms with E-state index in [1.54, 1.807) is 4.57 Å². The van der Waals surface area contributed by atoms with Gasteiger partial charge in [0.05, 0.1) is 6.07 Å². The van der Waals surface area contributed by atoms with Crippen LogP contribution >= 0.6 is 0 Å². The SMILES string of the molecule is Cc1cccc2c(=O)n(CC3(CC#N)CC3)ccc12. The van der Waals surface area contributed by atoms with Gasteiger partial charge in [-0.15, -0.1) is 0 Å². The van der Waals surface area contributed by atoms with E-state index in [-0.39, 0.29) is 11.0 Å². The largest absolute Gasteiger partial charge is 0.314 e. The van der Waals surface area contributed by atoms with E-state index in [9.17, 15) is 4.79 Å². The molecule has 3 rings (SSSR count). The number of nitrogens with zero attached hydrogens (tertiary/aromatic N) is 2. The van der Waals surface area contributed by atoms with E-state index in [1.807, 2.05) is 37.4 Å². The summed E-state index contributed by atoms with van der Waals surface area (Å²) < 4.78 is 1.77. The van der Waals surface area contributed by atoms with Gasteiger partial charge in [0.2, 0.25) is 0 Å². The minimum absolute atomic E-state index is 0.0517. The van der Waals surface area contributed by atoms with Crippen LogP contribution in [0.3, 0.4) is 0 Å². The normalized spacial score (nSPS) is 16.2. The standard InChI is InChI=1S/C16H16N2O/c1-12-3-2-4-14-13(12)5-10-18(15(14)19)11-16(6-7-16)8-9-17/h2-5,10H,6-8,11H2,1H3. The molecule has 0 N–H and O–H groups in total. The molecule has 0 unspecified atom stereocenters. The second-order valence-electron chi connectivity index (χ2n) is 5.62. The van der Waals surface area contributed by atoms with Crippen molar-refractivity contribution < 1.29 is 0 Å². The van der Waals surface area contributed by atoms with Crippen LogP contribution < -0.4 is 5.56 Å². The van der Waals surface area contributed by atoms with Gasteiger partial charge in [-0.1, -0.05) is 12.1 Å². The Morgan fingerprint density at radius 2 is 2.11 bits per heavy atom. The van der Waals surface area contributed by atoms with E-state index in [1.165, 1.54) is 0 Å². The maximum Gasteiger partial charge on any atom is 0.258 e. The topological polar surface area (TPSA) is 45.8 Å². The molecule has 19 heavy (non-hydrogen) atoms. The Hall–Kier alpha value is -2.08. The molecular formula is C16H16N2O. The van der Waals surface area contributed by atoms with Crippen molar-refractivity contribution in [3.8, 4) is 6.07 Å². The zero-order chi connectivity index (χ0) is 13.5. The number of nitriles is 1. The summed E-state index contributed by atoms with van der Waals surface area (Å²) in [7, 11) is 0. The Bertz CT molecular complexity index is 732. The zero-order valence-electron chi connectivity index (χ0n) is 11.0. The van der Waals surface area contributed by atoms with Crippen molar-refractivity contribution in [2.45, 2.75) is 32.7 Å². The summed E-state index contributed by atoms with van der Waals surface area (Å²) in [6.45, 7) is 2.69. The summed E-state index contributed by atoms with van der Waals surface area (Å²) in [5, 5.41) is 10.7. The van der Waals surface area contributed by atoms with Gasteiger partial charge in [0.15, 0.2) is 0 Å². The predicted octanol–water partition coefficient (Wildman–Crippen LogP) is 3.00. The fraction of sp³-hybridized carbons (Fsp3) is 0.375. The van der Waals surface area contributed by atoms with Crippen molar-refractivity contribution in [1.29, 1.82) is 5.26 Å². The van der Waals surface area contributed by atoms with Crippen LogP contribution in [0.1, 0.15) is 24.8 Å². The first-order valence-electron chi connectivity index (χ1n) is 6.61. The van der Waals surface area contributed by atoms with E-state index in [0.29, 0.717) is 13.0 Å². The van der Waals surface area contributed by atoms with E-state index in [0.717, 1.165) is 29.2 Å². The molecule has 1 saturated carbocycles. The third-order valence-corrected chi connectivity index (χ3v) is 4.15. The van der Waals surface area contributed by atoms with Crippen LogP contribution in [0, 0.1) is 23.7 Å². The third kappa shape index (κ3) is 2.04. The average Bonchev–Trinajstić information content (AvgIpc) is 3.14. The molecule has 1 aromatic heterocycles. The van der Waals surface area contributed by atoms with Crippen molar-refractivity contribution in [2.24, 2.45) is 5.41 Å². The van der Waals surface area contributed by atoms with Crippen molar-refractivity contribution in [1.82, 2.24) is 4.57 Å². The fourth-order valence-electron chi connectivity index (χ4n) is 2.70. The van der Waals surface area contributed by atoms with Gasteiger partial charge in [0.1, 0.15) is 0 Å². The van der Waals surface area contributed by atoms with Crippen LogP contribution in [0.25, 0.3) is 10.8 Å². The van der Waals surface area contributed by atoms with Gasteiger partial charge >= 0.3 is 0 Å².